The zero-order valence-electron chi connectivity index (χ0n) is 18.8. The molecule has 3 heteroatoms. The molecule has 3 aliphatic heterocycles. The summed E-state index contributed by atoms with van der Waals surface area (Å²) >= 11 is 0. The van der Waals surface area contributed by atoms with Gasteiger partial charge in [-0.25, -0.2) is 0 Å². The fraction of sp³-hybridized carbons (Fsp3) is 0.379. The fourth-order valence-corrected chi connectivity index (χ4v) is 6.07. The van der Waals surface area contributed by atoms with E-state index >= 15 is 0 Å². The van der Waals surface area contributed by atoms with Gasteiger partial charge in [0.1, 0.15) is 6.54 Å². The average molecular weight is 428 g/mol. The lowest BCUT2D eigenvalue weighted by atomic mass is 9.56. The Morgan fingerprint density at radius 2 is 1.19 bits per heavy atom. The van der Waals surface area contributed by atoms with Crippen molar-refractivity contribution in [2.75, 3.05) is 32.8 Å². The van der Waals surface area contributed by atoms with E-state index in [1.165, 1.54) is 5.56 Å². The molecule has 0 amide bonds. The van der Waals surface area contributed by atoms with Crippen LogP contribution in [0, 0.1) is 5.41 Å². The van der Waals surface area contributed by atoms with Crippen molar-refractivity contribution in [3.8, 4) is 0 Å². The molecule has 3 aromatic rings. The Bertz CT molecular complexity index is 939. The van der Waals surface area contributed by atoms with Crippen molar-refractivity contribution < 1.29 is 14.3 Å². The predicted molar refractivity (Wildman–Crippen MR) is 126 cm³/mol. The van der Waals surface area contributed by atoms with Gasteiger partial charge in [-0.2, -0.15) is 0 Å². The molecule has 32 heavy (non-hydrogen) atoms. The smallest absolute Gasteiger partial charge is 0.102 e. The highest BCUT2D eigenvalue weighted by Crippen LogP contribution is 2.55. The van der Waals surface area contributed by atoms with Gasteiger partial charge in [-0.1, -0.05) is 108 Å². The molecule has 2 bridgehead atoms. The van der Waals surface area contributed by atoms with Crippen molar-refractivity contribution in [1.29, 1.82) is 0 Å². The van der Waals surface area contributed by atoms with Gasteiger partial charge in [0.2, 0.25) is 0 Å². The van der Waals surface area contributed by atoms with Crippen LogP contribution in [0.15, 0.2) is 91.0 Å². The maximum Gasteiger partial charge on any atom is 0.102 e. The van der Waals surface area contributed by atoms with Crippen molar-refractivity contribution in [1.82, 2.24) is 0 Å². The molecule has 3 aromatic carbocycles. The van der Waals surface area contributed by atoms with Crippen LogP contribution in [0.5, 0.6) is 0 Å². The van der Waals surface area contributed by atoms with Gasteiger partial charge >= 0.3 is 0 Å². The maximum atomic E-state index is 14.9. The zero-order valence-corrected chi connectivity index (χ0v) is 18.8. The van der Waals surface area contributed by atoms with Crippen LogP contribution in [0.4, 0.5) is 0 Å². The second-order valence-corrected chi connectivity index (χ2v) is 9.72. The van der Waals surface area contributed by atoms with Crippen molar-refractivity contribution >= 4 is 0 Å². The van der Waals surface area contributed by atoms with Crippen LogP contribution < -0.4 is 5.11 Å². The second kappa shape index (κ2) is 8.82. The molecule has 0 radical (unpaired) electrons. The summed E-state index contributed by atoms with van der Waals surface area (Å²) in [5, 5.41) is 14.9. The first-order valence-electron chi connectivity index (χ1n) is 11.9. The summed E-state index contributed by atoms with van der Waals surface area (Å²) in [4.78, 5) is 0. The van der Waals surface area contributed by atoms with Crippen molar-refractivity contribution in [2.24, 2.45) is 5.41 Å². The summed E-state index contributed by atoms with van der Waals surface area (Å²) in [7, 11) is 0. The molecule has 0 spiro atoms. The van der Waals surface area contributed by atoms with Crippen LogP contribution in [0.2, 0.25) is 0 Å². The number of benzene rings is 3. The normalized spacial score (nSPS) is 25.0. The zero-order chi connectivity index (χ0) is 21.9. The SMILES string of the molecule is [O-]C(c1ccccc1)(c1ccccc1)C12CC[N+](CCOCc3ccccc3)(CC1)CC2. The van der Waals surface area contributed by atoms with Gasteiger partial charge in [0.15, 0.2) is 0 Å². The standard InChI is InChI=1S/C29H33NO2/c31-29(26-12-6-2-7-13-26,27-14-8-3-9-15-27)28-16-19-30(20-17-28,21-18-28)22-23-32-24-25-10-4-1-5-11-25/h1-15H,16-24H2. The maximum absolute atomic E-state index is 14.9. The molecule has 3 fully saturated rings. The largest absolute Gasteiger partial charge is 0.842 e. The minimum atomic E-state index is -1.20. The number of quaternary nitrogens is 1. The van der Waals surface area contributed by atoms with E-state index in [-0.39, 0.29) is 5.41 Å². The Labute approximate surface area is 191 Å². The molecule has 0 aliphatic carbocycles. The number of hydrogen-bond donors (Lipinski definition) is 0. The number of hydrogen-bond acceptors (Lipinski definition) is 2. The first-order valence-corrected chi connectivity index (χ1v) is 11.9. The Morgan fingerprint density at radius 1 is 0.719 bits per heavy atom. The lowest BCUT2D eigenvalue weighted by Crippen LogP contribution is -2.69. The quantitative estimate of drug-likeness (QED) is 0.391. The molecule has 0 saturated carbocycles. The summed E-state index contributed by atoms with van der Waals surface area (Å²) in [5.74, 6) is 0. The van der Waals surface area contributed by atoms with Crippen LogP contribution in [0.25, 0.3) is 0 Å². The molecule has 3 nitrogen and oxygen atoms in total. The lowest BCUT2D eigenvalue weighted by Gasteiger charge is -2.65. The van der Waals surface area contributed by atoms with Gasteiger partial charge < -0.3 is 14.3 Å². The van der Waals surface area contributed by atoms with Crippen molar-refractivity contribution in [2.45, 2.75) is 31.5 Å². The third-order valence-corrected chi connectivity index (χ3v) is 8.12. The highest BCUT2D eigenvalue weighted by atomic mass is 16.5. The second-order valence-electron chi connectivity index (χ2n) is 9.72. The molecule has 3 aliphatic rings. The van der Waals surface area contributed by atoms with Crippen molar-refractivity contribution in [3.05, 3.63) is 108 Å². The fourth-order valence-electron chi connectivity index (χ4n) is 6.07. The van der Waals surface area contributed by atoms with Crippen molar-refractivity contribution in [3.63, 3.8) is 0 Å². The highest BCUT2D eigenvalue weighted by molar-refractivity contribution is 5.38. The lowest BCUT2D eigenvalue weighted by molar-refractivity contribution is -0.947. The topological polar surface area (TPSA) is 32.3 Å². The van der Waals surface area contributed by atoms with Gasteiger partial charge in [-0.05, 0) is 11.0 Å². The summed E-state index contributed by atoms with van der Waals surface area (Å²) < 4.78 is 7.13. The third kappa shape index (κ3) is 3.79. The van der Waals surface area contributed by atoms with Crippen LogP contribution in [-0.2, 0) is 16.9 Å². The summed E-state index contributed by atoms with van der Waals surface area (Å²) in [6.07, 6.45) is 2.96. The molecule has 3 heterocycles. The minimum Gasteiger partial charge on any atom is -0.842 e. The summed E-state index contributed by atoms with van der Waals surface area (Å²) in [5.41, 5.74) is 1.64. The Balaban J connectivity index is 1.31. The van der Waals surface area contributed by atoms with E-state index < -0.39 is 5.60 Å². The summed E-state index contributed by atoms with van der Waals surface area (Å²) in [6, 6.07) is 30.6. The Morgan fingerprint density at radius 3 is 1.69 bits per heavy atom. The molecule has 166 valence electrons. The van der Waals surface area contributed by atoms with E-state index in [4.69, 9.17) is 4.74 Å². The van der Waals surface area contributed by atoms with Crippen LogP contribution in [0.3, 0.4) is 0 Å². The molecule has 6 rings (SSSR count). The van der Waals surface area contributed by atoms with Gasteiger partial charge in [-0.3, -0.25) is 0 Å². The molecule has 0 N–H and O–H groups in total. The van der Waals surface area contributed by atoms with Gasteiger partial charge in [0.25, 0.3) is 0 Å². The Hall–Kier alpha value is -2.46. The number of piperidine rings is 3. The van der Waals surface area contributed by atoms with Crippen LogP contribution in [-0.4, -0.2) is 37.3 Å². The molecule has 3 saturated heterocycles. The van der Waals surface area contributed by atoms with Gasteiger partial charge in [0, 0.05) is 19.3 Å². The molecule has 0 atom stereocenters. The molecule has 0 aromatic heterocycles. The number of nitrogens with zero attached hydrogens (tertiary/aromatic N) is 1. The van der Waals surface area contributed by atoms with Gasteiger partial charge in [-0.15, -0.1) is 0 Å². The van der Waals surface area contributed by atoms with E-state index in [1.54, 1.807) is 0 Å². The first kappa shape index (κ1) is 21.4. The van der Waals surface area contributed by atoms with Crippen LogP contribution in [0.1, 0.15) is 36.0 Å². The van der Waals surface area contributed by atoms with Gasteiger partial charge in [0.05, 0.1) is 32.8 Å². The highest BCUT2D eigenvalue weighted by Gasteiger charge is 2.55. The van der Waals surface area contributed by atoms with E-state index in [9.17, 15) is 5.11 Å². The van der Waals surface area contributed by atoms with E-state index in [0.29, 0.717) is 6.61 Å². The number of fused-ring (bicyclic) bond motifs is 3. The predicted octanol–water partition coefficient (Wildman–Crippen LogP) is 4.51. The number of rotatable bonds is 8. The van der Waals surface area contributed by atoms with E-state index in [1.807, 2.05) is 66.7 Å². The summed E-state index contributed by atoms with van der Waals surface area (Å²) in [6.45, 7) is 5.75. The molecule has 0 unspecified atom stereocenters. The minimum absolute atomic E-state index is 0.222. The van der Waals surface area contributed by atoms with E-state index in [0.717, 1.165) is 67.7 Å². The monoisotopic (exact) mass is 427 g/mol. The van der Waals surface area contributed by atoms with E-state index in [2.05, 4.69) is 24.3 Å². The third-order valence-electron chi connectivity index (χ3n) is 8.12. The molecular formula is C29H33NO2. The average Bonchev–Trinajstić information content (AvgIpc) is 2.89. The molecular weight excluding hydrogens is 394 g/mol. The Kier molecular flexibility index (Phi) is 5.90. The first-order chi connectivity index (χ1) is 15.7. The van der Waals surface area contributed by atoms with Crippen LogP contribution >= 0.6 is 0 Å². The number of ether oxygens (including phenoxy) is 1.